The zero-order chi connectivity index (χ0) is 26.5. The summed E-state index contributed by atoms with van der Waals surface area (Å²) in [7, 11) is 4.62. The largest absolute Gasteiger partial charge is 0.497 e. The van der Waals surface area contributed by atoms with Crippen molar-refractivity contribution >= 4 is 29.2 Å². The van der Waals surface area contributed by atoms with Crippen LogP contribution in [0.1, 0.15) is 17.5 Å². The SMILES string of the molecule is COc1ccc(NC(=O)CC2C(=O)N(c3ccc(C)cc3)C(=O)N2Cc2ccc(OC)c(OC)c2)cc1. The van der Waals surface area contributed by atoms with E-state index in [0.29, 0.717) is 28.6 Å². The van der Waals surface area contributed by atoms with E-state index in [1.165, 1.54) is 19.1 Å². The molecule has 1 saturated heterocycles. The third kappa shape index (κ3) is 5.50. The molecule has 3 aromatic rings. The summed E-state index contributed by atoms with van der Waals surface area (Å²) in [5.41, 5.74) is 2.74. The molecule has 9 nitrogen and oxygen atoms in total. The number of aryl methyl sites for hydroxylation is 1. The first-order valence-corrected chi connectivity index (χ1v) is 11.7. The van der Waals surface area contributed by atoms with Crippen molar-refractivity contribution in [1.29, 1.82) is 0 Å². The molecule has 1 heterocycles. The van der Waals surface area contributed by atoms with Gasteiger partial charge in [-0.1, -0.05) is 23.8 Å². The number of benzene rings is 3. The smallest absolute Gasteiger partial charge is 0.332 e. The maximum Gasteiger partial charge on any atom is 0.332 e. The Bertz CT molecular complexity index is 1290. The van der Waals surface area contributed by atoms with Crippen LogP contribution in [-0.4, -0.2) is 50.1 Å². The summed E-state index contributed by atoms with van der Waals surface area (Å²) in [5, 5.41) is 2.80. The van der Waals surface area contributed by atoms with Gasteiger partial charge in [0.15, 0.2) is 11.5 Å². The van der Waals surface area contributed by atoms with Crippen LogP contribution in [0.4, 0.5) is 16.2 Å². The number of amides is 4. The molecule has 1 fully saturated rings. The molecule has 0 aliphatic carbocycles. The van der Waals surface area contributed by atoms with Gasteiger partial charge in [0.25, 0.3) is 5.91 Å². The first-order chi connectivity index (χ1) is 17.8. The van der Waals surface area contributed by atoms with Gasteiger partial charge in [0, 0.05) is 12.2 Å². The molecular formula is C28H29N3O6. The molecule has 0 bridgehead atoms. The van der Waals surface area contributed by atoms with Crippen LogP contribution in [0.15, 0.2) is 66.7 Å². The van der Waals surface area contributed by atoms with Gasteiger partial charge in [-0.05, 0) is 61.0 Å². The van der Waals surface area contributed by atoms with Gasteiger partial charge in [0.1, 0.15) is 11.8 Å². The molecule has 192 valence electrons. The molecule has 1 aliphatic rings. The number of urea groups is 1. The number of hydrogen-bond acceptors (Lipinski definition) is 6. The van der Waals surface area contributed by atoms with Crippen molar-refractivity contribution in [2.24, 2.45) is 0 Å². The number of methoxy groups -OCH3 is 3. The highest BCUT2D eigenvalue weighted by molar-refractivity contribution is 6.22. The van der Waals surface area contributed by atoms with E-state index in [-0.39, 0.29) is 18.9 Å². The fraction of sp³-hybridized carbons (Fsp3) is 0.250. The second-order valence-corrected chi connectivity index (χ2v) is 8.61. The number of carbonyl (C=O) groups excluding carboxylic acids is 3. The van der Waals surface area contributed by atoms with E-state index in [2.05, 4.69) is 5.32 Å². The maximum absolute atomic E-state index is 13.5. The van der Waals surface area contributed by atoms with Crippen LogP contribution in [0.3, 0.4) is 0 Å². The van der Waals surface area contributed by atoms with Crippen LogP contribution >= 0.6 is 0 Å². The Morgan fingerprint density at radius 2 is 1.54 bits per heavy atom. The van der Waals surface area contributed by atoms with E-state index in [0.717, 1.165) is 16.0 Å². The van der Waals surface area contributed by atoms with Gasteiger partial charge in [-0.3, -0.25) is 9.59 Å². The van der Waals surface area contributed by atoms with E-state index in [1.807, 2.05) is 19.1 Å². The van der Waals surface area contributed by atoms with Gasteiger partial charge in [0.2, 0.25) is 5.91 Å². The van der Waals surface area contributed by atoms with Crippen LogP contribution < -0.4 is 24.4 Å². The third-order valence-electron chi connectivity index (χ3n) is 6.16. The first-order valence-electron chi connectivity index (χ1n) is 11.7. The maximum atomic E-state index is 13.5. The molecular weight excluding hydrogens is 474 g/mol. The van der Waals surface area contributed by atoms with Crippen LogP contribution in [0.5, 0.6) is 17.2 Å². The minimum absolute atomic E-state index is 0.105. The lowest BCUT2D eigenvalue weighted by atomic mass is 10.1. The number of rotatable bonds is 9. The predicted octanol–water partition coefficient (Wildman–Crippen LogP) is 4.39. The van der Waals surface area contributed by atoms with Crippen molar-refractivity contribution in [3.63, 3.8) is 0 Å². The Hall–Kier alpha value is -4.53. The second-order valence-electron chi connectivity index (χ2n) is 8.61. The van der Waals surface area contributed by atoms with Gasteiger partial charge in [-0.15, -0.1) is 0 Å². The molecule has 9 heteroatoms. The predicted molar refractivity (Wildman–Crippen MR) is 139 cm³/mol. The molecule has 1 N–H and O–H groups in total. The van der Waals surface area contributed by atoms with E-state index in [9.17, 15) is 14.4 Å². The molecule has 0 radical (unpaired) electrons. The van der Waals surface area contributed by atoms with Crippen molar-refractivity contribution in [1.82, 2.24) is 4.90 Å². The zero-order valence-corrected chi connectivity index (χ0v) is 21.2. The standard InChI is InChI=1S/C28H29N3O6/c1-18-5-10-21(11-6-18)31-27(33)23(16-26(32)29-20-8-12-22(35-2)13-9-20)30(28(31)34)17-19-7-14-24(36-3)25(15-19)37-4/h5-15,23H,16-17H2,1-4H3,(H,29,32). The summed E-state index contributed by atoms with van der Waals surface area (Å²) in [4.78, 5) is 42.6. The van der Waals surface area contributed by atoms with E-state index in [1.54, 1.807) is 61.7 Å². The summed E-state index contributed by atoms with van der Waals surface area (Å²) < 4.78 is 15.8. The molecule has 4 rings (SSSR count). The Morgan fingerprint density at radius 3 is 2.16 bits per heavy atom. The lowest BCUT2D eigenvalue weighted by Crippen LogP contribution is -2.37. The number of nitrogens with zero attached hydrogens (tertiary/aromatic N) is 2. The van der Waals surface area contributed by atoms with E-state index >= 15 is 0 Å². The van der Waals surface area contributed by atoms with Crippen molar-refractivity contribution in [2.45, 2.75) is 25.9 Å². The van der Waals surface area contributed by atoms with Crippen LogP contribution in [0.2, 0.25) is 0 Å². The average molecular weight is 504 g/mol. The summed E-state index contributed by atoms with van der Waals surface area (Å²) >= 11 is 0. The third-order valence-corrected chi connectivity index (χ3v) is 6.16. The normalized spacial score (nSPS) is 15.1. The highest BCUT2D eigenvalue weighted by Gasteiger charge is 2.46. The summed E-state index contributed by atoms with van der Waals surface area (Å²) in [6.07, 6.45) is -0.202. The molecule has 1 unspecified atom stereocenters. The van der Waals surface area contributed by atoms with Crippen molar-refractivity contribution < 1.29 is 28.6 Å². The number of anilines is 2. The molecule has 0 aromatic heterocycles. The molecule has 4 amide bonds. The van der Waals surface area contributed by atoms with Crippen LogP contribution in [-0.2, 0) is 16.1 Å². The summed E-state index contributed by atoms with van der Waals surface area (Å²) in [6.45, 7) is 2.03. The Morgan fingerprint density at radius 1 is 0.865 bits per heavy atom. The van der Waals surface area contributed by atoms with Crippen molar-refractivity contribution in [2.75, 3.05) is 31.5 Å². The average Bonchev–Trinajstić information content (AvgIpc) is 3.13. The Kier molecular flexibility index (Phi) is 7.62. The van der Waals surface area contributed by atoms with Crippen molar-refractivity contribution in [3.05, 3.63) is 77.9 Å². The zero-order valence-electron chi connectivity index (χ0n) is 21.2. The lowest BCUT2D eigenvalue weighted by Gasteiger charge is -2.22. The van der Waals surface area contributed by atoms with Gasteiger partial charge >= 0.3 is 6.03 Å². The monoisotopic (exact) mass is 503 g/mol. The van der Waals surface area contributed by atoms with Gasteiger partial charge < -0.3 is 24.4 Å². The summed E-state index contributed by atoms with van der Waals surface area (Å²) in [5.74, 6) is 0.858. The number of hydrogen-bond donors (Lipinski definition) is 1. The fourth-order valence-corrected chi connectivity index (χ4v) is 4.18. The molecule has 1 aliphatic heterocycles. The summed E-state index contributed by atoms with van der Waals surface area (Å²) in [6, 6.07) is 17.8. The lowest BCUT2D eigenvalue weighted by molar-refractivity contribution is -0.124. The number of nitrogens with one attached hydrogen (secondary N) is 1. The topological polar surface area (TPSA) is 97.4 Å². The van der Waals surface area contributed by atoms with E-state index < -0.39 is 18.0 Å². The molecule has 1 atom stereocenters. The molecule has 0 spiro atoms. The van der Waals surface area contributed by atoms with Crippen LogP contribution in [0.25, 0.3) is 0 Å². The van der Waals surface area contributed by atoms with Gasteiger partial charge in [0.05, 0.1) is 33.4 Å². The first kappa shape index (κ1) is 25.6. The number of carbonyl (C=O) groups is 3. The quantitative estimate of drug-likeness (QED) is 0.435. The Balaban J connectivity index is 1.61. The molecule has 3 aromatic carbocycles. The highest BCUT2D eigenvalue weighted by Crippen LogP contribution is 2.32. The second kappa shape index (κ2) is 11.0. The highest BCUT2D eigenvalue weighted by atomic mass is 16.5. The van der Waals surface area contributed by atoms with E-state index in [4.69, 9.17) is 14.2 Å². The minimum atomic E-state index is -0.986. The minimum Gasteiger partial charge on any atom is -0.497 e. The fourth-order valence-electron chi connectivity index (χ4n) is 4.18. The number of ether oxygens (including phenoxy) is 3. The van der Waals surface area contributed by atoms with Gasteiger partial charge in [-0.25, -0.2) is 9.69 Å². The van der Waals surface area contributed by atoms with Crippen LogP contribution in [0, 0.1) is 6.92 Å². The van der Waals surface area contributed by atoms with Crippen molar-refractivity contribution in [3.8, 4) is 17.2 Å². The Labute approximate surface area is 215 Å². The molecule has 0 saturated carbocycles. The van der Waals surface area contributed by atoms with Gasteiger partial charge in [-0.2, -0.15) is 0 Å². The molecule has 37 heavy (non-hydrogen) atoms. The number of imide groups is 1.